The molecular formula is C18H21Br2N3O3. The number of amides is 4. The van der Waals surface area contributed by atoms with Gasteiger partial charge < -0.3 is 10.6 Å². The summed E-state index contributed by atoms with van der Waals surface area (Å²) in [6.45, 7) is 3.63. The molecule has 2 atom stereocenters. The highest BCUT2D eigenvalue weighted by atomic mass is 79.9. The predicted octanol–water partition coefficient (Wildman–Crippen LogP) is 3.96. The van der Waals surface area contributed by atoms with E-state index in [-0.39, 0.29) is 18.4 Å². The van der Waals surface area contributed by atoms with Crippen molar-refractivity contribution in [2.75, 3.05) is 11.9 Å². The molecule has 6 nitrogen and oxygen atoms in total. The molecule has 1 spiro atoms. The molecule has 140 valence electrons. The smallest absolute Gasteiger partial charge is 0.323 e. The molecule has 1 heterocycles. The minimum absolute atomic E-state index is 0.0705. The molecule has 1 aromatic carbocycles. The highest BCUT2D eigenvalue weighted by Gasteiger charge is 2.55. The zero-order valence-corrected chi connectivity index (χ0v) is 17.9. The molecule has 0 radical (unpaired) electrons. The van der Waals surface area contributed by atoms with E-state index in [0.29, 0.717) is 12.1 Å². The van der Waals surface area contributed by atoms with Crippen molar-refractivity contribution in [2.24, 2.45) is 5.92 Å². The maximum absolute atomic E-state index is 12.9. The zero-order chi connectivity index (χ0) is 19.1. The van der Waals surface area contributed by atoms with Crippen LogP contribution in [0, 0.1) is 12.8 Å². The average molecular weight is 487 g/mol. The van der Waals surface area contributed by atoms with E-state index in [1.165, 1.54) is 0 Å². The Morgan fingerprint density at radius 3 is 2.58 bits per heavy atom. The molecule has 0 unspecified atom stereocenters. The van der Waals surface area contributed by atoms with E-state index in [2.05, 4.69) is 42.5 Å². The van der Waals surface area contributed by atoms with Gasteiger partial charge in [0.15, 0.2) is 0 Å². The Bertz CT molecular complexity index is 760. The second kappa shape index (κ2) is 7.31. The van der Waals surface area contributed by atoms with Crippen molar-refractivity contribution in [3.05, 3.63) is 26.6 Å². The maximum Gasteiger partial charge on any atom is 0.325 e. The summed E-state index contributed by atoms with van der Waals surface area (Å²) in [7, 11) is 0. The topological polar surface area (TPSA) is 78.5 Å². The molecule has 2 N–H and O–H groups in total. The molecule has 1 aromatic rings. The Morgan fingerprint density at radius 2 is 1.96 bits per heavy atom. The van der Waals surface area contributed by atoms with E-state index in [9.17, 15) is 14.4 Å². The summed E-state index contributed by atoms with van der Waals surface area (Å²) >= 11 is 6.85. The number of carbonyl (C=O) groups is 3. The summed E-state index contributed by atoms with van der Waals surface area (Å²) in [5.74, 6) is -0.632. The lowest BCUT2D eigenvalue weighted by molar-refractivity contribution is -0.136. The number of hydrogen-bond acceptors (Lipinski definition) is 3. The van der Waals surface area contributed by atoms with Crippen molar-refractivity contribution in [1.82, 2.24) is 10.2 Å². The molecule has 1 aliphatic heterocycles. The number of nitrogens with one attached hydrogen (secondary N) is 2. The SMILES string of the molecule is Cc1cc(Br)c(NC(=O)CN2C(=O)N[C@]3(CCCC[C@@H]3C)C2=O)c(Br)c1. The van der Waals surface area contributed by atoms with Crippen LogP contribution in [0.4, 0.5) is 10.5 Å². The predicted molar refractivity (Wildman–Crippen MR) is 106 cm³/mol. The number of imide groups is 1. The second-order valence-electron chi connectivity index (χ2n) is 7.09. The number of halogens is 2. The molecular weight excluding hydrogens is 466 g/mol. The lowest BCUT2D eigenvalue weighted by Gasteiger charge is -2.36. The normalized spacial score (nSPS) is 25.5. The monoisotopic (exact) mass is 485 g/mol. The Morgan fingerprint density at radius 1 is 1.31 bits per heavy atom. The lowest BCUT2D eigenvalue weighted by Crippen LogP contribution is -2.54. The third-order valence-corrected chi connectivity index (χ3v) is 6.50. The number of urea groups is 1. The molecule has 8 heteroatoms. The fourth-order valence-electron chi connectivity index (χ4n) is 3.78. The van der Waals surface area contributed by atoms with Crippen LogP contribution in [0.3, 0.4) is 0 Å². The highest BCUT2D eigenvalue weighted by Crippen LogP contribution is 2.38. The van der Waals surface area contributed by atoms with Crippen LogP contribution in [-0.4, -0.2) is 34.8 Å². The van der Waals surface area contributed by atoms with Crippen LogP contribution in [0.5, 0.6) is 0 Å². The van der Waals surface area contributed by atoms with Gasteiger partial charge in [-0.05, 0) is 75.2 Å². The lowest BCUT2D eigenvalue weighted by atomic mass is 9.73. The van der Waals surface area contributed by atoms with Gasteiger partial charge in [0, 0.05) is 8.95 Å². The van der Waals surface area contributed by atoms with Crippen LogP contribution in [0.2, 0.25) is 0 Å². The molecule has 1 aliphatic carbocycles. The zero-order valence-electron chi connectivity index (χ0n) is 14.7. The fraction of sp³-hybridized carbons (Fsp3) is 0.500. The summed E-state index contributed by atoms with van der Waals surface area (Å²) < 4.78 is 1.46. The Kier molecular flexibility index (Phi) is 5.44. The largest absolute Gasteiger partial charge is 0.325 e. The molecule has 0 aromatic heterocycles. The summed E-state index contributed by atoms with van der Waals surface area (Å²) in [6, 6.07) is 3.28. The number of carbonyl (C=O) groups excluding carboxylic acids is 3. The van der Waals surface area contributed by atoms with E-state index in [1.807, 2.05) is 26.0 Å². The van der Waals surface area contributed by atoms with Gasteiger partial charge in [0.25, 0.3) is 5.91 Å². The Labute approximate surface area is 169 Å². The third-order valence-electron chi connectivity index (χ3n) is 5.25. The summed E-state index contributed by atoms with van der Waals surface area (Å²) in [5.41, 5.74) is 0.762. The highest BCUT2D eigenvalue weighted by molar-refractivity contribution is 9.11. The van der Waals surface area contributed by atoms with Gasteiger partial charge in [-0.15, -0.1) is 0 Å². The van der Waals surface area contributed by atoms with E-state index < -0.39 is 17.5 Å². The molecule has 0 bridgehead atoms. The number of rotatable bonds is 3. The van der Waals surface area contributed by atoms with E-state index in [4.69, 9.17) is 0 Å². The Hall–Kier alpha value is -1.41. The summed E-state index contributed by atoms with van der Waals surface area (Å²) in [6.07, 6.45) is 3.49. The van der Waals surface area contributed by atoms with Gasteiger partial charge in [0.1, 0.15) is 12.1 Å². The number of hydrogen-bond donors (Lipinski definition) is 2. The summed E-state index contributed by atoms with van der Waals surface area (Å²) in [5, 5.41) is 5.63. The van der Waals surface area contributed by atoms with Crippen molar-refractivity contribution in [3.63, 3.8) is 0 Å². The van der Waals surface area contributed by atoms with Crippen LogP contribution in [0.15, 0.2) is 21.1 Å². The van der Waals surface area contributed by atoms with Crippen LogP contribution in [0.25, 0.3) is 0 Å². The summed E-state index contributed by atoms with van der Waals surface area (Å²) in [4.78, 5) is 38.8. The van der Waals surface area contributed by atoms with Gasteiger partial charge >= 0.3 is 6.03 Å². The third kappa shape index (κ3) is 3.41. The van der Waals surface area contributed by atoms with Gasteiger partial charge in [-0.25, -0.2) is 4.79 Å². The van der Waals surface area contributed by atoms with Gasteiger partial charge in [0.2, 0.25) is 5.91 Å². The second-order valence-corrected chi connectivity index (χ2v) is 8.80. The van der Waals surface area contributed by atoms with Gasteiger partial charge in [-0.2, -0.15) is 0 Å². The first-order chi connectivity index (χ1) is 12.2. The minimum atomic E-state index is -0.847. The first-order valence-corrected chi connectivity index (χ1v) is 10.2. The fourth-order valence-corrected chi connectivity index (χ4v) is 5.39. The van der Waals surface area contributed by atoms with Gasteiger partial charge in [-0.3, -0.25) is 14.5 Å². The van der Waals surface area contributed by atoms with Gasteiger partial charge in [-0.1, -0.05) is 19.8 Å². The average Bonchev–Trinajstić information content (AvgIpc) is 2.79. The molecule has 3 rings (SSSR count). The van der Waals surface area contributed by atoms with Crippen molar-refractivity contribution < 1.29 is 14.4 Å². The van der Waals surface area contributed by atoms with Gasteiger partial charge in [0.05, 0.1) is 5.69 Å². The first-order valence-electron chi connectivity index (χ1n) is 8.64. The molecule has 2 fully saturated rings. The molecule has 26 heavy (non-hydrogen) atoms. The Balaban J connectivity index is 1.74. The number of aryl methyl sites for hydroxylation is 1. The quantitative estimate of drug-likeness (QED) is 0.634. The van der Waals surface area contributed by atoms with Crippen LogP contribution in [0.1, 0.15) is 38.2 Å². The molecule has 1 saturated carbocycles. The number of nitrogens with zero attached hydrogens (tertiary/aromatic N) is 1. The first kappa shape index (κ1) is 19.4. The molecule has 2 aliphatic rings. The van der Waals surface area contributed by atoms with Crippen LogP contribution < -0.4 is 10.6 Å². The van der Waals surface area contributed by atoms with E-state index in [1.54, 1.807) is 0 Å². The van der Waals surface area contributed by atoms with E-state index in [0.717, 1.165) is 38.7 Å². The number of benzene rings is 1. The van der Waals surface area contributed by atoms with Crippen molar-refractivity contribution in [1.29, 1.82) is 0 Å². The molecule has 1 saturated heterocycles. The number of anilines is 1. The standard InChI is InChI=1S/C18H21Br2N3O3/c1-10-7-12(19)15(13(20)8-10)21-14(24)9-23-16(25)18(22-17(23)26)6-4-3-5-11(18)2/h7-8,11H,3-6,9H2,1-2H3,(H,21,24)(H,22,26)/t11-,18-/m0/s1. The van der Waals surface area contributed by atoms with Crippen molar-refractivity contribution in [3.8, 4) is 0 Å². The minimum Gasteiger partial charge on any atom is -0.323 e. The van der Waals surface area contributed by atoms with Crippen LogP contribution >= 0.6 is 31.9 Å². The van der Waals surface area contributed by atoms with Crippen LogP contribution in [-0.2, 0) is 9.59 Å². The van der Waals surface area contributed by atoms with Crippen molar-refractivity contribution in [2.45, 2.75) is 45.1 Å². The maximum atomic E-state index is 12.9. The van der Waals surface area contributed by atoms with E-state index >= 15 is 0 Å². The molecule has 4 amide bonds. The van der Waals surface area contributed by atoms with Crippen molar-refractivity contribution >= 4 is 55.4 Å².